The number of methoxy groups -OCH3 is 2. The van der Waals surface area contributed by atoms with E-state index in [-0.39, 0.29) is 24.9 Å². The van der Waals surface area contributed by atoms with Gasteiger partial charge in [0, 0.05) is 33.9 Å². The lowest BCUT2D eigenvalue weighted by atomic mass is 10.1. The number of hydrogen-bond acceptors (Lipinski definition) is 5. The Labute approximate surface area is 149 Å². The molecule has 0 aliphatic rings. The van der Waals surface area contributed by atoms with Gasteiger partial charge in [-0.3, -0.25) is 14.5 Å². The van der Waals surface area contributed by atoms with E-state index in [1.165, 1.54) is 5.56 Å². The minimum Gasteiger partial charge on any atom is -0.383 e. The SMILES string of the molecule is COCCNC(=O)CN(CCc1ccccc1)CC(=O)NCCOC. The van der Waals surface area contributed by atoms with E-state index in [1.807, 2.05) is 35.2 Å². The van der Waals surface area contributed by atoms with Crippen molar-refractivity contribution < 1.29 is 19.1 Å². The van der Waals surface area contributed by atoms with Crippen molar-refractivity contribution in [1.29, 1.82) is 0 Å². The van der Waals surface area contributed by atoms with E-state index in [4.69, 9.17) is 9.47 Å². The van der Waals surface area contributed by atoms with Gasteiger partial charge < -0.3 is 20.1 Å². The van der Waals surface area contributed by atoms with Crippen LogP contribution in [0.2, 0.25) is 0 Å². The lowest BCUT2D eigenvalue weighted by Crippen LogP contribution is -2.44. The Hall–Kier alpha value is -1.96. The van der Waals surface area contributed by atoms with Gasteiger partial charge in [-0.25, -0.2) is 0 Å². The highest BCUT2D eigenvalue weighted by Gasteiger charge is 2.14. The van der Waals surface area contributed by atoms with Crippen molar-refractivity contribution in [2.45, 2.75) is 6.42 Å². The molecule has 0 saturated heterocycles. The molecule has 1 rings (SSSR count). The number of hydrogen-bond donors (Lipinski definition) is 2. The zero-order valence-electron chi connectivity index (χ0n) is 15.1. The second kappa shape index (κ2) is 13.3. The molecule has 0 saturated carbocycles. The summed E-state index contributed by atoms with van der Waals surface area (Å²) in [4.78, 5) is 25.9. The van der Waals surface area contributed by atoms with Crippen LogP contribution in [-0.4, -0.2) is 76.9 Å². The number of carbonyl (C=O) groups is 2. The van der Waals surface area contributed by atoms with Gasteiger partial charge in [0.25, 0.3) is 0 Å². The third kappa shape index (κ3) is 10.5. The molecule has 0 atom stereocenters. The largest absolute Gasteiger partial charge is 0.383 e. The Balaban J connectivity index is 2.49. The Kier molecular flexibility index (Phi) is 11.3. The van der Waals surface area contributed by atoms with E-state index in [0.717, 1.165) is 6.42 Å². The molecule has 0 aliphatic heterocycles. The Morgan fingerprint density at radius 1 is 0.920 bits per heavy atom. The van der Waals surface area contributed by atoms with Crippen LogP contribution in [0.5, 0.6) is 0 Å². The molecule has 1 aromatic rings. The van der Waals surface area contributed by atoms with E-state index in [9.17, 15) is 9.59 Å². The highest BCUT2D eigenvalue weighted by atomic mass is 16.5. The number of nitrogens with one attached hydrogen (secondary N) is 2. The van der Waals surface area contributed by atoms with Crippen LogP contribution in [0.3, 0.4) is 0 Å². The monoisotopic (exact) mass is 351 g/mol. The van der Waals surface area contributed by atoms with Gasteiger partial charge >= 0.3 is 0 Å². The minimum absolute atomic E-state index is 0.116. The maximum absolute atomic E-state index is 12.0. The summed E-state index contributed by atoms with van der Waals surface area (Å²) in [5, 5.41) is 5.56. The Morgan fingerprint density at radius 2 is 1.44 bits per heavy atom. The third-order valence-corrected chi connectivity index (χ3v) is 3.55. The van der Waals surface area contributed by atoms with E-state index in [1.54, 1.807) is 14.2 Å². The first-order valence-corrected chi connectivity index (χ1v) is 8.43. The molecule has 1 aromatic carbocycles. The molecule has 0 fully saturated rings. The number of rotatable bonds is 13. The topological polar surface area (TPSA) is 79.9 Å². The number of amides is 2. The summed E-state index contributed by atoms with van der Waals surface area (Å²) in [5.74, 6) is -0.232. The summed E-state index contributed by atoms with van der Waals surface area (Å²) in [6.07, 6.45) is 0.775. The maximum atomic E-state index is 12.0. The van der Waals surface area contributed by atoms with Gasteiger partial charge in [0.2, 0.25) is 11.8 Å². The average Bonchev–Trinajstić information content (AvgIpc) is 2.61. The number of benzene rings is 1. The molecule has 2 N–H and O–H groups in total. The summed E-state index contributed by atoms with van der Waals surface area (Å²) in [6, 6.07) is 10.0. The van der Waals surface area contributed by atoms with Crippen molar-refractivity contribution in [3.05, 3.63) is 35.9 Å². The van der Waals surface area contributed by atoms with E-state index < -0.39 is 0 Å². The zero-order valence-corrected chi connectivity index (χ0v) is 15.1. The smallest absolute Gasteiger partial charge is 0.234 e. The van der Waals surface area contributed by atoms with E-state index >= 15 is 0 Å². The quantitative estimate of drug-likeness (QED) is 0.491. The van der Waals surface area contributed by atoms with Gasteiger partial charge in [0.05, 0.1) is 26.3 Å². The van der Waals surface area contributed by atoms with Crippen LogP contribution in [0, 0.1) is 0 Å². The number of nitrogens with zero attached hydrogens (tertiary/aromatic N) is 1. The molecule has 0 heterocycles. The fourth-order valence-corrected chi connectivity index (χ4v) is 2.25. The van der Waals surface area contributed by atoms with Gasteiger partial charge in [0.15, 0.2) is 0 Å². The van der Waals surface area contributed by atoms with Crippen LogP contribution in [0.1, 0.15) is 5.56 Å². The summed E-state index contributed by atoms with van der Waals surface area (Å²) in [6.45, 7) is 2.83. The molecule has 0 unspecified atom stereocenters. The first kappa shape index (κ1) is 21.1. The van der Waals surface area contributed by atoms with Crippen LogP contribution < -0.4 is 10.6 Å². The van der Waals surface area contributed by atoms with Crippen molar-refractivity contribution >= 4 is 11.8 Å². The van der Waals surface area contributed by atoms with Crippen LogP contribution >= 0.6 is 0 Å². The minimum atomic E-state index is -0.116. The predicted molar refractivity (Wildman–Crippen MR) is 96.4 cm³/mol. The summed E-state index contributed by atoms with van der Waals surface area (Å²) < 4.78 is 9.84. The molecule has 140 valence electrons. The number of carbonyl (C=O) groups excluding carboxylic acids is 2. The fourth-order valence-electron chi connectivity index (χ4n) is 2.25. The normalized spacial score (nSPS) is 10.7. The summed E-state index contributed by atoms with van der Waals surface area (Å²) >= 11 is 0. The van der Waals surface area contributed by atoms with Crippen molar-refractivity contribution in [2.75, 3.05) is 60.2 Å². The second-order valence-electron chi connectivity index (χ2n) is 5.63. The highest BCUT2D eigenvalue weighted by Crippen LogP contribution is 2.01. The van der Waals surface area contributed by atoms with Gasteiger partial charge in [-0.1, -0.05) is 30.3 Å². The van der Waals surface area contributed by atoms with Gasteiger partial charge in [-0.05, 0) is 12.0 Å². The first-order chi connectivity index (χ1) is 12.2. The lowest BCUT2D eigenvalue weighted by molar-refractivity contribution is -0.125. The fraction of sp³-hybridized carbons (Fsp3) is 0.556. The van der Waals surface area contributed by atoms with Gasteiger partial charge in [-0.15, -0.1) is 0 Å². The second-order valence-corrected chi connectivity index (χ2v) is 5.63. The van der Waals surface area contributed by atoms with Crippen LogP contribution in [0.15, 0.2) is 30.3 Å². The molecule has 0 spiro atoms. The molecular formula is C18H29N3O4. The highest BCUT2D eigenvalue weighted by molar-refractivity contribution is 5.81. The molecule has 2 amide bonds. The van der Waals surface area contributed by atoms with Crippen LogP contribution in [0.4, 0.5) is 0 Å². The first-order valence-electron chi connectivity index (χ1n) is 8.43. The average molecular weight is 351 g/mol. The molecule has 0 aromatic heterocycles. The molecule has 25 heavy (non-hydrogen) atoms. The van der Waals surface area contributed by atoms with Gasteiger partial charge in [-0.2, -0.15) is 0 Å². The maximum Gasteiger partial charge on any atom is 0.234 e. The molecule has 0 aliphatic carbocycles. The molecule has 7 heteroatoms. The molecular weight excluding hydrogens is 322 g/mol. The van der Waals surface area contributed by atoms with Crippen molar-refractivity contribution in [2.24, 2.45) is 0 Å². The van der Waals surface area contributed by atoms with Crippen LogP contribution in [0.25, 0.3) is 0 Å². The van der Waals surface area contributed by atoms with Gasteiger partial charge in [0.1, 0.15) is 0 Å². The summed E-state index contributed by atoms with van der Waals surface area (Å²) in [7, 11) is 3.17. The molecule has 7 nitrogen and oxygen atoms in total. The van der Waals surface area contributed by atoms with E-state index in [2.05, 4.69) is 10.6 Å². The van der Waals surface area contributed by atoms with Crippen molar-refractivity contribution in [3.8, 4) is 0 Å². The van der Waals surface area contributed by atoms with Crippen LogP contribution in [-0.2, 0) is 25.5 Å². The Morgan fingerprint density at radius 3 is 1.92 bits per heavy atom. The zero-order chi connectivity index (χ0) is 18.3. The number of ether oxygens (including phenoxy) is 2. The van der Waals surface area contributed by atoms with Crippen molar-refractivity contribution in [3.63, 3.8) is 0 Å². The molecule has 0 bridgehead atoms. The Bertz CT molecular complexity index is 472. The molecule has 0 radical (unpaired) electrons. The standard InChI is InChI=1S/C18H29N3O4/c1-24-12-9-19-17(22)14-21(15-18(23)20-10-13-25-2)11-8-16-6-4-3-5-7-16/h3-7H,8-15H2,1-2H3,(H,19,22)(H,20,23). The summed E-state index contributed by atoms with van der Waals surface area (Å²) in [5.41, 5.74) is 1.17. The van der Waals surface area contributed by atoms with Crippen molar-refractivity contribution in [1.82, 2.24) is 15.5 Å². The van der Waals surface area contributed by atoms with E-state index in [0.29, 0.717) is 32.8 Å². The predicted octanol–water partition coefficient (Wildman–Crippen LogP) is 0.0563. The third-order valence-electron chi connectivity index (χ3n) is 3.55. The lowest BCUT2D eigenvalue weighted by Gasteiger charge is -2.21.